The van der Waals surface area contributed by atoms with Crippen LogP contribution in [-0.4, -0.2) is 37.0 Å². The van der Waals surface area contributed by atoms with E-state index in [0.29, 0.717) is 6.54 Å². The van der Waals surface area contributed by atoms with Crippen LogP contribution in [0.25, 0.3) is 0 Å². The number of aliphatic hydroxyl groups excluding tert-OH is 1. The number of alkyl halides is 3. The molecule has 18 heavy (non-hydrogen) atoms. The van der Waals surface area contributed by atoms with E-state index < -0.39 is 18.8 Å². The molecule has 0 spiro atoms. The van der Waals surface area contributed by atoms with Crippen molar-refractivity contribution in [3.8, 4) is 0 Å². The van der Waals surface area contributed by atoms with Crippen molar-refractivity contribution in [1.82, 2.24) is 10.6 Å². The first-order chi connectivity index (χ1) is 8.42. The van der Waals surface area contributed by atoms with Crippen LogP contribution in [0.15, 0.2) is 0 Å². The molecule has 0 aliphatic heterocycles. The summed E-state index contributed by atoms with van der Waals surface area (Å²) in [6.45, 7) is -0.946. The summed E-state index contributed by atoms with van der Waals surface area (Å²) in [5.41, 5.74) is 0. The highest BCUT2D eigenvalue weighted by Crippen LogP contribution is 2.28. The number of urea groups is 1. The maximum absolute atomic E-state index is 11.9. The summed E-state index contributed by atoms with van der Waals surface area (Å²) in [5, 5.41) is 13.3. The molecule has 1 aliphatic carbocycles. The largest absolute Gasteiger partial charge is 0.405 e. The van der Waals surface area contributed by atoms with Crippen molar-refractivity contribution in [1.29, 1.82) is 0 Å². The Balaban J connectivity index is 2.24. The van der Waals surface area contributed by atoms with Gasteiger partial charge in [0.15, 0.2) is 0 Å². The van der Waals surface area contributed by atoms with Gasteiger partial charge in [-0.1, -0.05) is 12.8 Å². The van der Waals surface area contributed by atoms with Crippen LogP contribution in [-0.2, 0) is 0 Å². The normalized spacial score (nSPS) is 24.7. The Kier molecular flexibility index (Phi) is 5.71. The van der Waals surface area contributed by atoms with Gasteiger partial charge in [-0.3, -0.25) is 0 Å². The molecular weight excluding hydrogens is 249 g/mol. The molecule has 1 rings (SSSR count). The van der Waals surface area contributed by atoms with E-state index in [9.17, 15) is 18.0 Å². The third kappa shape index (κ3) is 5.57. The van der Waals surface area contributed by atoms with Crippen LogP contribution in [0.5, 0.6) is 0 Å². The maximum Gasteiger partial charge on any atom is 0.405 e. The molecule has 0 aromatic rings. The maximum atomic E-state index is 11.9. The predicted octanol–water partition coefficient (Wildman–Crippen LogP) is 1.65. The van der Waals surface area contributed by atoms with Gasteiger partial charge in [-0.25, -0.2) is 4.79 Å². The molecule has 7 heteroatoms. The summed E-state index contributed by atoms with van der Waals surface area (Å²) in [6, 6.07) is -0.811. The summed E-state index contributed by atoms with van der Waals surface area (Å²) in [7, 11) is 0. The first-order valence-corrected chi connectivity index (χ1v) is 6.11. The van der Waals surface area contributed by atoms with Crippen LogP contribution < -0.4 is 10.6 Å². The van der Waals surface area contributed by atoms with Crippen LogP contribution in [0.2, 0.25) is 0 Å². The average molecular weight is 268 g/mol. The number of nitrogens with one attached hydrogen (secondary N) is 2. The van der Waals surface area contributed by atoms with E-state index in [0.717, 1.165) is 25.7 Å². The summed E-state index contributed by atoms with van der Waals surface area (Å²) < 4.78 is 35.6. The van der Waals surface area contributed by atoms with E-state index in [1.54, 1.807) is 5.32 Å². The second-order valence-corrected chi connectivity index (χ2v) is 4.67. The lowest BCUT2D eigenvalue weighted by molar-refractivity contribution is -0.122. The van der Waals surface area contributed by atoms with Gasteiger partial charge in [0, 0.05) is 13.2 Å². The number of carbonyl (C=O) groups excluding carboxylic acids is 1. The summed E-state index contributed by atoms with van der Waals surface area (Å²) in [4.78, 5) is 11.1. The van der Waals surface area contributed by atoms with Crippen LogP contribution in [0, 0.1) is 11.8 Å². The SMILES string of the molecule is O=C(NCC1CCCCC1CO)NCC(F)(F)F. The van der Waals surface area contributed by atoms with Crippen molar-refractivity contribution in [2.24, 2.45) is 11.8 Å². The smallest absolute Gasteiger partial charge is 0.396 e. The molecule has 0 heterocycles. The van der Waals surface area contributed by atoms with Gasteiger partial charge in [0.25, 0.3) is 0 Å². The summed E-state index contributed by atoms with van der Waals surface area (Å²) in [5.74, 6) is 0.294. The highest BCUT2D eigenvalue weighted by molar-refractivity contribution is 5.73. The van der Waals surface area contributed by atoms with Crippen molar-refractivity contribution in [2.75, 3.05) is 19.7 Å². The number of rotatable bonds is 4. The van der Waals surface area contributed by atoms with Crippen LogP contribution in [0.3, 0.4) is 0 Å². The number of hydrogen-bond donors (Lipinski definition) is 3. The van der Waals surface area contributed by atoms with Crippen LogP contribution >= 0.6 is 0 Å². The standard InChI is InChI=1S/C11H19F3N2O2/c12-11(13,14)7-16-10(18)15-5-8-3-1-2-4-9(8)6-17/h8-9,17H,1-7H2,(H2,15,16,18). The molecule has 4 nitrogen and oxygen atoms in total. The fraction of sp³-hybridized carbons (Fsp3) is 0.909. The molecule has 0 aromatic heterocycles. The van der Waals surface area contributed by atoms with Crippen molar-refractivity contribution in [3.63, 3.8) is 0 Å². The van der Waals surface area contributed by atoms with Gasteiger partial charge >= 0.3 is 12.2 Å². The molecule has 2 unspecified atom stereocenters. The molecule has 0 saturated heterocycles. The van der Waals surface area contributed by atoms with E-state index in [1.165, 1.54) is 0 Å². The zero-order valence-corrected chi connectivity index (χ0v) is 10.1. The van der Waals surface area contributed by atoms with Gasteiger partial charge in [0.1, 0.15) is 6.54 Å². The first kappa shape index (κ1) is 15.1. The van der Waals surface area contributed by atoms with Gasteiger partial charge in [0.05, 0.1) is 0 Å². The molecule has 0 bridgehead atoms. The van der Waals surface area contributed by atoms with Gasteiger partial charge < -0.3 is 15.7 Å². The summed E-state index contributed by atoms with van der Waals surface area (Å²) in [6.07, 6.45) is -0.497. The second-order valence-electron chi connectivity index (χ2n) is 4.67. The van der Waals surface area contributed by atoms with E-state index >= 15 is 0 Å². The zero-order chi connectivity index (χ0) is 13.6. The Hall–Kier alpha value is -0.980. The highest BCUT2D eigenvalue weighted by Gasteiger charge is 2.28. The number of carbonyl (C=O) groups is 1. The first-order valence-electron chi connectivity index (χ1n) is 6.11. The molecule has 0 aromatic carbocycles. The third-order valence-electron chi connectivity index (χ3n) is 3.28. The summed E-state index contributed by atoms with van der Waals surface area (Å²) >= 11 is 0. The molecule has 2 amide bonds. The number of halogens is 3. The molecule has 2 atom stereocenters. The molecule has 1 fully saturated rings. The lowest BCUT2D eigenvalue weighted by atomic mass is 9.80. The van der Waals surface area contributed by atoms with Crippen LogP contribution in [0.1, 0.15) is 25.7 Å². The average Bonchev–Trinajstić information content (AvgIpc) is 2.33. The minimum Gasteiger partial charge on any atom is -0.396 e. The Morgan fingerprint density at radius 3 is 2.33 bits per heavy atom. The molecule has 106 valence electrons. The topological polar surface area (TPSA) is 61.4 Å². The van der Waals surface area contributed by atoms with Gasteiger partial charge in [0.2, 0.25) is 0 Å². The fourth-order valence-electron chi connectivity index (χ4n) is 2.26. The number of hydrogen-bond acceptors (Lipinski definition) is 2. The number of amides is 2. The van der Waals surface area contributed by atoms with Gasteiger partial charge in [-0.15, -0.1) is 0 Å². The molecular formula is C11H19F3N2O2. The Morgan fingerprint density at radius 1 is 1.17 bits per heavy atom. The minimum atomic E-state index is -4.39. The molecule has 0 radical (unpaired) electrons. The predicted molar refractivity (Wildman–Crippen MR) is 60.0 cm³/mol. The van der Waals surface area contributed by atoms with E-state index in [-0.39, 0.29) is 18.4 Å². The molecule has 1 saturated carbocycles. The zero-order valence-electron chi connectivity index (χ0n) is 10.1. The minimum absolute atomic E-state index is 0.0660. The van der Waals surface area contributed by atoms with Gasteiger partial charge in [-0.2, -0.15) is 13.2 Å². The number of aliphatic hydroxyl groups is 1. The Morgan fingerprint density at radius 2 is 1.78 bits per heavy atom. The van der Waals surface area contributed by atoms with Crippen molar-refractivity contribution in [2.45, 2.75) is 31.9 Å². The van der Waals surface area contributed by atoms with E-state index in [4.69, 9.17) is 5.11 Å². The Bertz CT molecular complexity index is 272. The van der Waals surface area contributed by atoms with E-state index in [2.05, 4.69) is 5.32 Å². The third-order valence-corrected chi connectivity index (χ3v) is 3.28. The second kappa shape index (κ2) is 6.82. The lowest BCUT2D eigenvalue weighted by Gasteiger charge is -2.30. The fourth-order valence-corrected chi connectivity index (χ4v) is 2.26. The monoisotopic (exact) mass is 268 g/mol. The lowest BCUT2D eigenvalue weighted by Crippen LogP contribution is -2.44. The van der Waals surface area contributed by atoms with Crippen molar-refractivity contribution in [3.05, 3.63) is 0 Å². The van der Waals surface area contributed by atoms with Gasteiger partial charge in [-0.05, 0) is 24.7 Å². The van der Waals surface area contributed by atoms with Crippen LogP contribution in [0.4, 0.5) is 18.0 Å². The quantitative estimate of drug-likeness (QED) is 0.726. The molecule has 1 aliphatic rings. The van der Waals surface area contributed by atoms with E-state index in [1.807, 2.05) is 0 Å². The van der Waals surface area contributed by atoms with Crippen molar-refractivity contribution >= 4 is 6.03 Å². The highest BCUT2D eigenvalue weighted by atomic mass is 19.4. The Labute approximate surface area is 104 Å². The van der Waals surface area contributed by atoms with Crippen molar-refractivity contribution < 1.29 is 23.1 Å². The molecule has 3 N–H and O–H groups in total.